The maximum absolute atomic E-state index is 12.2. The van der Waals surface area contributed by atoms with Crippen molar-refractivity contribution in [3.05, 3.63) is 24.4 Å². The Hall–Kier alpha value is -1.89. The maximum Gasteiger partial charge on any atom is 0.318 e. The topological polar surface area (TPSA) is 91.5 Å². The molecule has 0 spiro atoms. The van der Waals surface area contributed by atoms with Gasteiger partial charge in [0, 0.05) is 19.0 Å². The largest absolute Gasteiger partial charge is 0.395 e. The van der Waals surface area contributed by atoms with Crippen molar-refractivity contribution in [2.45, 2.75) is 51.0 Å². The van der Waals surface area contributed by atoms with Crippen LogP contribution in [0.15, 0.2) is 17.2 Å². The molecular formula is C16H26N4O3. The standard InChI is InChI=1S/C16H26N4O3/c1-3-9-20(10-11-21)16(22)17-12(2)15-18-14(19-23-15)13-7-5-4-6-8-13/h3,12-13,21H,1,4-11H2,2H3,(H,17,22). The van der Waals surface area contributed by atoms with Gasteiger partial charge in [0.15, 0.2) is 5.82 Å². The number of hydrogen-bond acceptors (Lipinski definition) is 5. The van der Waals surface area contributed by atoms with Gasteiger partial charge in [0.25, 0.3) is 0 Å². The summed E-state index contributed by atoms with van der Waals surface area (Å²) in [5.74, 6) is 1.54. The molecular weight excluding hydrogens is 296 g/mol. The number of nitrogens with zero attached hydrogens (tertiary/aromatic N) is 3. The number of aliphatic hydroxyl groups is 1. The van der Waals surface area contributed by atoms with Crippen molar-refractivity contribution in [2.24, 2.45) is 0 Å². The van der Waals surface area contributed by atoms with Crippen molar-refractivity contribution in [3.8, 4) is 0 Å². The van der Waals surface area contributed by atoms with Crippen LogP contribution < -0.4 is 5.32 Å². The van der Waals surface area contributed by atoms with Crippen molar-refractivity contribution in [1.82, 2.24) is 20.4 Å². The molecule has 1 saturated carbocycles. The second kappa shape index (κ2) is 8.67. The summed E-state index contributed by atoms with van der Waals surface area (Å²) in [4.78, 5) is 18.1. The van der Waals surface area contributed by atoms with Crippen LogP contribution >= 0.6 is 0 Å². The third kappa shape index (κ3) is 4.79. The van der Waals surface area contributed by atoms with E-state index in [2.05, 4.69) is 22.0 Å². The number of carbonyl (C=O) groups excluding carboxylic acids is 1. The Kier molecular flexibility index (Phi) is 6.58. The smallest absolute Gasteiger partial charge is 0.318 e. The Bertz CT molecular complexity index is 511. The molecule has 7 nitrogen and oxygen atoms in total. The highest BCUT2D eigenvalue weighted by atomic mass is 16.5. The minimum Gasteiger partial charge on any atom is -0.395 e. The van der Waals surface area contributed by atoms with E-state index in [1.807, 2.05) is 0 Å². The van der Waals surface area contributed by atoms with E-state index in [0.29, 0.717) is 18.4 Å². The molecule has 1 fully saturated rings. The van der Waals surface area contributed by atoms with Crippen LogP contribution in [0.3, 0.4) is 0 Å². The summed E-state index contributed by atoms with van der Waals surface area (Å²) in [6.07, 6.45) is 7.51. The van der Waals surface area contributed by atoms with E-state index in [-0.39, 0.29) is 25.2 Å². The lowest BCUT2D eigenvalue weighted by Gasteiger charge is -2.22. The van der Waals surface area contributed by atoms with Gasteiger partial charge in [-0.3, -0.25) is 0 Å². The molecule has 0 aromatic carbocycles. The molecule has 0 aliphatic heterocycles. The number of aromatic nitrogens is 2. The van der Waals surface area contributed by atoms with E-state index in [4.69, 9.17) is 9.63 Å². The number of amides is 2. The predicted octanol–water partition coefficient (Wildman–Crippen LogP) is 2.37. The molecule has 1 heterocycles. The van der Waals surface area contributed by atoms with Gasteiger partial charge in [-0.25, -0.2) is 4.79 Å². The van der Waals surface area contributed by atoms with Crippen molar-refractivity contribution in [2.75, 3.05) is 19.7 Å². The average Bonchev–Trinajstić information content (AvgIpc) is 3.05. The Morgan fingerprint density at radius 3 is 2.91 bits per heavy atom. The van der Waals surface area contributed by atoms with Crippen molar-refractivity contribution >= 4 is 6.03 Å². The van der Waals surface area contributed by atoms with Gasteiger partial charge in [-0.15, -0.1) is 6.58 Å². The number of aliphatic hydroxyl groups excluding tert-OH is 1. The van der Waals surface area contributed by atoms with E-state index in [0.717, 1.165) is 18.7 Å². The Morgan fingerprint density at radius 2 is 2.26 bits per heavy atom. The average molecular weight is 322 g/mol. The lowest BCUT2D eigenvalue weighted by Crippen LogP contribution is -2.42. The lowest BCUT2D eigenvalue weighted by molar-refractivity contribution is 0.179. The number of urea groups is 1. The quantitative estimate of drug-likeness (QED) is 0.752. The Balaban J connectivity index is 1.94. The Labute approximate surface area is 136 Å². The molecule has 1 unspecified atom stereocenters. The van der Waals surface area contributed by atoms with Gasteiger partial charge in [-0.05, 0) is 19.8 Å². The maximum atomic E-state index is 12.2. The van der Waals surface area contributed by atoms with Gasteiger partial charge >= 0.3 is 6.03 Å². The summed E-state index contributed by atoms with van der Waals surface area (Å²) in [5, 5.41) is 15.9. The molecule has 2 amide bonds. The molecule has 0 bridgehead atoms. The van der Waals surface area contributed by atoms with Crippen LogP contribution in [-0.2, 0) is 0 Å². The fourth-order valence-corrected chi connectivity index (χ4v) is 2.84. The van der Waals surface area contributed by atoms with Gasteiger partial charge in [0.05, 0.1) is 6.61 Å². The summed E-state index contributed by atoms with van der Waals surface area (Å²) < 4.78 is 5.32. The molecule has 2 N–H and O–H groups in total. The van der Waals surface area contributed by atoms with E-state index in [1.165, 1.54) is 24.2 Å². The number of rotatable bonds is 7. The SMILES string of the molecule is C=CCN(CCO)C(=O)NC(C)c1nc(C2CCCCC2)no1. The zero-order chi connectivity index (χ0) is 16.7. The third-order valence-electron chi connectivity index (χ3n) is 4.14. The zero-order valence-electron chi connectivity index (χ0n) is 13.7. The molecule has 1 aliphatic rings. The minimum absolute atomic E-state index is 0.0952. The molecule has 7 heteroatoms. The molecule has 1 aliphatic carbocycles. The first-order valence-corrected chi connectivity index (χ1v) is 8.26. The molecule has 2 rings (SSSR count). The lowest BCUT2D eigenvalue weighted by atomic mass is 9.89. The van der Waals surface area contributed by atoms with Crippen LogP contribution in [-0.4, -0.2) is 45.9 Å². The van der Waals surface area contributed by atoms with E-state index in [9.17, 15) is 4.79 Å². The molecule has 1 aromatic rings. The fraction of sp³-hybridized carbons (Fsp3) is 0.688. The molecule has 0 saturated heterocycles. The summed E-state index contributed by atoms with van der Waals surface area (Å²) in [5.41, 5.74) is 0. The number of hydrogen-bond donors (Lipinski definition) is 2. The van der Waals surface area contributed by atoms with Gasteiger partial charge < -0.3 is 19.8 Å². The predicted molar refractivity (Wildman–Crippen MR) is 85.9 cm³/mol. The first-order valence-electron chi connectivity index (χ1n) is 8.26. The van der Waals surface area contributed by atoms with Gasteiger partial charge in [-0.1, -0.05) is 30.5 Å². The highest BCUT2D eigenvalue weighted by Crippen LogP contribution is 2.31. The molecule has 128 valence electrons. The van der Waals surface area contributed by atoms with Crippen LogP contribution in [0.25, 0.3) is 0 Å². The first kappa shape index (κ1) is 17.5. The second-order valence-corrected chi connectivity index (χ2v) is 5.96. The molecule has 0 radical (unpaired) electrons. The highest BCUT2D eigenvalue weighted by molar-refractivity contribution is 5.74. The molecule has 23 heavy (non-hydrogen) atoms. The minimum atomic E-state index is -0.377. The van der Waals surface area contributed by atoms with Crippen LogP contribution in [0.5, 0.6) is 0 Å². The summed E-state index contributed by atoms with van der Waals surface area (Å²) in [6.45, 7) is 5.95. The van der Waals surface area contributed by atoms with Gasteiger partial charge in [0.1, 0.15) is 6.04 Å². The molecule has 1 aromatic heterocycles. The summed E-state index contributed by atoms with van der Waals surface area (Å²) >= 11 is 0. The van der Waals surface area contributed by atoms with Crippen molar-refractivity contribution in [3.63, 3.8) is 0 Å². The zero-order valence-corrected chi connectivity index (χ0v) is 13.7. The first-order chi connectivity index (χ1) is 11.2. The van der Waals surface area contributed by atoms with Crippen molar-refractivity contribution < 1.29 is 14.4 Å². The number of carbonyl (C=O) groups is 1. The van der Waals surface area contributed by atoms with E-state index < -0.39 is 0 Å². The van der Waals surface area contributed by atoms with Crippen molar-refractivity contribution in [1.29, 1.82) is 0 Å². The third-order valence-corrected chi connectivity index (χ3v) is 4.14. The van der Waals surface area contributed by atoms with Crippen LogP contribution in [0, 0.1) is 0 Å². The summed E-state index contributed by atoms with van der Waals surface area (Å²) in [7, 11) is 0. The van der Waals surface area contributed by atoms with Gasteiger partial charge in [-0.2, -0.15) is 4.98 Å². The van der Waals surface area contributed by atoms with Gasteiger partial charge in [0.2, 0.25) is 5.89 Å². The van der Waals surface area contributed by atoms with Crippen LogP contribution in [0.2, 0.25) is 0 Å². The second-order valence-electron chi connectivity index (χ2n) is 5.96. The highest BCUT2D eigenvalue weighted by Gasteiger charge is 2.24. The Morgan fingerprint density at radius 1 is 1.52 bits per heavy atom. The molecule has 1 atom stereocenters. The van der Waals surface area contributed by atoms with Crippen LogP contribution in [0.1, 0.15) is 62.7 Å². The van der Waals surface area contributed by atoms with E-state index >= 15 is 0 Å². The van der Waals surface area contributed by atoms with E-state index in [1.54, 1.807) is 13.0 Å². The van der Waals surface area contributed by atoms with Crippen LogP contribution in [0.4, 0.5) is 4.79 Å². The fourth-order valence-electron chi connectivity index (χ4n) is 2.84. The normalized spacial score (nSPS) is 16.8. The number of nitrogens with one attached hydrogen (secondary N) is 1. The summed E-state index contributed by atoms with van der Waals surface area (Å²) in [6, 6.07) is -0.665. The monoisotopic (exact) mass is 322 g/mol.